The predicted octanol–water partition coefficient (Wildman–Crippen LogP) is 0.903. The number of nitrogens with one attached hydrogen (secondary N) is 2. The van der Waals surface area contributed by atoms with Crippen molar-refractivity contribution in [2.75, 3.05) is 55.8 Å². The normalized spacial score (nSPS) is 16.3. The molecule has 2 heterocycles. The van der Waals surface area contributed by atoms with Gasteiger partial charge in [-0.05, 0) is 6.26 Å². The van der Waals surface area contributed by atoms with Gasteiger partial charge in [0, 0.05) is 38.0 Å². The van der Waals surface area contributed by atoms with Gasteiger partial charge in [0.25, 0.3) is 0 Å². The topological polar surface area (TPSA) is 75.2 Å². The second kappa shape index (κ2) is 7.68. The lowest BCUT2D eigenvalue weighted by atomic mass is 10.4. The molecule has 1 aromatic heterocycles. The summed E-state index contributed by atoms with van der Waals surface area (Å²) in [5, 5.41) is 3.82. The maximum absolute atomic E-state index is 5.52. The van der Waals surface area contributed by atoms with Crippen LogP contribution in [0.5, 0.6) is 0 Å². The summed E-state index contributed by atoms with van der Waals surface area (Å²) in [4.78, 5) is 17.3. The zero-order valence-corrected chi connectivity index (χ0v) is 12.3. The quantitative estimate of drug-likeness (QED) is 0.593. The SMILES string of the molecule is CSc1nc(NCl)nc(NCCN2CCOCC2)n1. The average Bonchev–Trinajstić information content (AvgIpc) is 2.48. The van der Waals surface area contributed by atoms with E-state index >= 15 is 0 Å². The first-order valence-electron chi connectivity index (χ1n) is 6.02. The molecule has 0 aromatic carbocycles. The molecule has 2 rings (SSSR count). The molecule has 1 saturated heterocycles. The van der Waals surface area contributed by atoms with Gasteiger partial charge in [0.2, 0.25) is 11.9 Å². The summed E-state index contributed by atoms with van der Waals surface area (Å²) in [6, 6.07) is 0. The predicted molar refractivity (Wildman–Crippen MR) is 76.8 cm³/mol. The Morgan fingerprint density at radius 3 is 2.68 bits per heavy atom. The molecule has 106 valence electrons. The Balaban J connectivity index is 1.84. The summed E-state index contributed by atoms with van der Waals surface area (Å²) in [5.74, 6) is 0.894. The van der Waals surface area contributed by atoms with E-state index < -0.39 is 0 Å². The van der Waals surface area contributed by atoms with E-state index in [0.29, 0.717) is 17.1 Å². The first kappa shape index (κ1) is 14.6. The number of nitrogens with zero attached hydrogens (tertiary/aromatic N) is 4. The molecular weight excluding hydrogens is 288 g/mol. The van der Waals surface area contributed by atoms with Gasteiger partial charge in [-0.3, -0.25) is 9.74 Å². The second-order valence-corrected chi connectivity index (χ2v) is 4.91. The lowest BCUT2D eigenvalue weighted by Crippen LogP contribution is -2.39. The van der Waals surface area contributed by atoms with Gasteiger partial charge in [-0.1, -0.05) is 11.8 Å². The van der Waals surface area contributed by atoms with Crippen molar-refractivity contribution in [3.8, 4) is 0 Å². The molecule has 0 saturated carbocycles. The molecule has 7 nitrogen and oxygen atoms in total. The standard InChI is InChI=1S/C10H17ClN6OS/c1-19-10-14-8(13-9(15-10)16-11)12-2-3-17-4-6-18-7-5-17/h2-7H2,1H3,(H2,12,13,14,15,16). The van der Waals surface area contributed by atoms with E-state index in [1.807, 2.05) is 6.26 Å². The molecule has 1 aliphatic heterocycles. The molecule has 0 atom stereocenters. The number of thioether (sulfide) groups is 1. The van der Waals surface area contributed by atoms with Crippen molar-refractivity contribution >= 4 is 35.4 Å². The molecule has 19 heavy (non-hydrogen) atoms. The van der Waals surface area contributed by atoms with Crippen molar-refractivity contribution in [1.29, 1.82) is 0 Å². The summed E-state index contributed by atoms with van der Waals surface area (Å²) >= 11 is 6.97. The van der Waals surface area contributed by atoms with Crippen LogP contribution in [0.4, 0.5) is 11.9 Å². The van der Waals surface area contributed by atoms with Crippen molar-refractivity contribution in [3.63, 3.8) is 0 Å². The van der Waals surface area contributed by atoms with Gasteiger partial charge < -0.3 is 10.1 Å². The van der Waals surface area contributed by atoms with Crippen LogP contribution in [0.1, 0.15) is 0 Å². The molecule has 0 spiro atoms. The Labute approximate surface area is 121 Å². The molecule has 1 aliphatic rings. The van der Waals surface area contributed by atoms with Gasteiger partial charge >= 0.3 is 0 Å². The molecule has 9 heteroatoms. The highest BCUT2D eigenvalue weighted by Crippen LogP contribution is 2.13. The zero-order valence-electron chi connectivity index (χ0n) is 10.7. The van der Waals surface area contributed by atoms with Crippen LogP contribution in [-0.4, -0.2) is 65.5 Å². The van der Waals surface area contributed by atoms with Crippen molar-refractivity contribution in [2.45, 2.75) is 5.16 Å². The van der Waals surface area contributed by atoms with Gasteiger partial charge in [-0.15, -0.1) is 0 Å². The van der Waals surface area contributed by atoms with Crippen LogP contribution in [0.25, 0.3) is 0 Å². The lowest BCUT2D eigenvalue weighted by molar-refractivity contribution is 0.0398. The van der Waals surface area contributed by atoms with E-state index in [0.717, 1.165) is 39.4 Å². The maximum atomic E-state index is 5.52. The molecule has 0 aliphatic carbocycles. The number of anilines is 2. The number of morpholine rings is 1. The van der Waals surface area contributed by atoms with Crippen molar-refractivity contribution in [2.24, 2.45) is 0 Å². The largest absolute Gasteiger partial charge is 0.379 e. The van der Waals surface area contributed by atoms with Crippen LogP contribution in [0.15, 0.2) is 5.16 Å². The summed E-state index contributed by atoms with van der Waals surface area (Å²) in [5.41, 5.74) is 0. The summed E-state index contributed by atoms with van der Waals surface area (Å²) in [6.07, 6.45) is 1.91. The van der Waals surface area contributed by atoms with Crippen LogP contribution < -0.4 is 10.2 Å². The number of aromatic nitrogens is 3. The highest BCUT2D eigenvalue weighted by Gasteiger charge is 2.10. The van der Waals surface area contributed by atoms with Crippen molar-refractivity contribution in [1.82, 2.24) is 19.9 Å². The fourth-order valence-corrected chi connectivity index (χ4v) is 2.16. The number of hydrogen-bond donors (Lipinski definition) is 2. The number of hydrogen-bond acceptors (Lipinski definition) is 8. The molecule has 2 N–H and O–H groups in total. The average molecular weight is 305 g/mol. The minimum absolute atomic E-state index is 0.356. The number of halogens is 1. The van der Waals surface area contributed by atoms with E-state index in [9.17, 15) is 0 Å². The Bertz CT molecular complexity index is 381. The second-order valence-electron chi connectivity index (χ2n) is 3.94. The highest BCUT2D eigenvalue weighted by atomic mass is 35.5. The Morgan fingerprint density at radius 1 is 1.26 bits per heavy atom. The Kier molecular flexibility index (Phi) is 5.90. The van der Waals surface area contributed by atoms with Gasteiger partial charge in [-0.2, -0.15) is 15.0 Å². The van der Waals surface area contributed by atoms with E-state index in [2.05, 4.69) is 30.0 Å². The van der Waals surface area contributed by atoms with E-state index in [4.69, 9.17) is 16.5 Å². The Hall–Kier alpha value is -0.830. The number of ether oxygens (including phenoxy) is 1. The molecule has 0 bridgehead atoms. The summed E-state index contributed by atoms with van der Waals surface area (Å²) in [6.45, 7) is 5.28. The van der Waals surface area contributed by atoms with Crippen LogP contribution in [0.3, 0.4) is 0 Å². The molecule has 0 unspecified atom stereocenters. The molecule has 1 fully saturated rings. The van der Waals surface area contributed by atoms with Crippen LogP contribution in [0.2, 0.25) is 0 Å². The minimum Gasteiger partial charge on any atom is -0.379 e. The number of rotatable bonds is 6. The summed E-state index contributed by atoms with van der Waals surface area (Å²) < 4.78 is 5.30. The van der Waals surface area contributed by atoms with Crippen LogP contribution >= 0.6 is 23.5 Å². The van der Waals surface area contributed by atoms with E-state index in [-0.39, 0.29) is 0 Å². The first-order valence-corrected chi connectivity index (χ1v) is 7.63. The zero-order chi connectivity index (χ0) is 13.5. The van der Waals surface area contributed by atoms with Gasteiger partial charge in [0.15, 0.2) is 5.16 Å². The molecule has 0 amide bonds. The smallest absolute Gasteiger partial charge is 0.243 e. The summed E-state index contributed by atoms with van der Waals surface area (Å²) in [7, 11) is 0. The monoisotopic (exact) mass is 304 g/mol. The highest BCUT2D eigenvalue weighted by molar-refractivity contribution is 7.98. The Morgan fingerprint density at radius 2 is 2.00 bits per heavy atom. The third-order valence-corrected chi connectivity index (χ3v) is 3.41. The van der Waals surface area contributed by atoms with Crippen LogP contribution in [0, 0.1) is 0 Å². The third-order valence-electron chi connectivity index (χ3n) is 2.70. The fraction of sp³-hybridized carbons (Fsp3) is 0.700. The van der Waals surface area contributed by atoms with Crippen molar-refractivity contribution in [3.05, 3.63) is 0 Å². The van der Waals surface area contributed by atoms with Gasteiger partial charge in [0.05, 0.1) is 13.2 Å². The lowest BCUT2D eigenvalue weighted by Gasteiger charge is -2.26. The maximum Gasteiger partial charge on any atom is 0.243 e. The van der Waals surface area contributed by atoms with Crippen molar-refractivity contribution < 1.29 is 4.74 Å². The molecule has 0 radical (unpaired) electrons. The van der Waals surface area contributed by atoms with Gasteiger partial charge in [0.1, 0.15) is 0 Å². The van der Waals surface area contributed by atoms with Gasteiger partial charge in [-0.25, -0.2) is 0 Å². The van der Waals surface area contributed by atoms with E-state index in [1.54, 1.807) is 0 Å². The minimum atomic E-state index is 0.356. The third kappa shape index (κ3) is 4.64. The fourth-order valence-electron chi connectivity index (χ4n) is 1.72. The molecule has 1 aromatic rings. The first-order chi connectivity index (χ1) is 9.31. The van der Waals surface area contributed by atoms with Crippen LogP contribution in [-0.2, 0) is 4.74 Å². The van der Waals surface area contributed by atoms with E-state index in [1.165, 1.54) is 11.8 Å². The molecular formula is C10H17ClN6OS.